The lowest BCUT2D eigenvalue weighted by Gasteiger charge is -2.19. The Hall–Kier alpha value is -4.27. The van der Waals surface area contributed by atoms with Gasteiger partial charge in [0.15, 0.2) is 0 Å². The first-order valence-electron chi connectivity index (χ1n) is 13.1. The Morgan fingerprint density at radius 1 is 0.950 bits per heavy atom. The first kappa shape index (κ1) is 26.0. The van der Waals surface area contributed by atoms with Gasteiger partial charge in [0.2, 0.25) is 5.95 Å². The Balaban J connectivity index is 1.41. The molecule has 7 nitrogen and oxygen atoms in total. The monoisotopic (exact) mass is 595 g/mol. The molecule has 1 aliphatic rings. The number of para-hydroxylation sites is 1. The van der Waals surface area contributed by atoms with Gasteiger partial charge in [-0.1, -0.05) is 82.7 Å². The van der Waals surface area contributed by atoms with E-state index in [0.717, 1.165) is 18.4 Å². The highest BCUT2D eigenvalue weighted by atomic mass is 79.9. The second kappa shape index (κ2) is 11.5. The van der Waals surface area contributed by atoms with E-state index in [1.165, 1.54) is 4.57 Å². The number of ether oxygens (including phenoxy) is 2. The smallest absolute Gasteiger partial charge is 0.266 e. The number of nitrogens with zero attached hydrogens (tertiary/aromatic N) is 2. The summed E-state index contributed by atoms with van der Waals surface area (Å²) >= 11 is 3.52. The van der Waals surface area contributed by atoms with Crippen molar-refractivity contribution >= 4 is 38.7 Å². The van der Waals surface area contributed by atoms with E-state index in [2.05, 4.69) is 21.2 Å². The zero-order chi connectivity index (χ0) is 27.5. The number of halogens is 1. The first-order valence-corrected chi connectivity index (χ1v) is 13.9. The molecule has 0 saturated carbocycles. The summed E-state index contributed by atoms with van der Waals surface area (Å²) in [5.74, 6) is 0.768. The van der Waals surface area contributed by atoms with Crippen molar-refractivity contribution < 1.29 is 14.3 Å². The quantitative estimate of drug-likeness (QED) is 0.216. The van der Waals surface area contributed by atoms with E-state index in [0.29, 0.717) is 32.4 Å². The van der Waals surface area contributed by atoms with E-state index in [1.54, 1.807) is 36.4 Å². The molecule has 0 aliphatic carbocycles. The summed E-state index contributed by atoms with van der Waals surface area (Å²) in [5.41, 5.74) is 1.65. The highest BCUT2D eigenvalue weighted by Crippen LogP contribution is 2.35. The van der Waals surface area contributed by atoms with Gasteiger partial charge in [0.05, 0.1) is 24.3 Å². The van der Waals surface area contributed by atoms with Crippen LogP contribution in [0.25, 0.3) is 10.9 Å². The average Bonchev–Trinajstić information content (AvgIpc) is 3.45. The number of nitrogens with one attached hydrogen (secondary N) is 1. The van der Waals surface area contributed by atoms with Crippen molar-refractivity contribution in [2.45, 2.75) is 31.6 Å². The minimum absolute atomic E-state index is 0.0504. The molecular formula is C32H26BrN3O4. The lowest BCUT2D eigenvalue weighted by molar-refractivity contribution is 0.0347. The molecule has 0 radical (unpaired) electrons. The predicted octanol–water partition coefficient (Wildman–Crippen LogP) is 7.12. The Morgan fingerprint density at radius 2 is 1.62 bits per heavy atom. The number of anilines is 1. The van der Waals surface area contributed by atoms with Crippen LogP contribution in [0.15, 0.2) is 112 Å². The second-order valence-electron chi connectivity index (χ2n) is 9.62. The molecule has 2 atom stereocenters. The fourth-order valence-electron chi connectivity index (χ4n) is 4.96. The van der Waals surface area contributed by atoms with Gasteiger partial charge in [-0.05, 0) is 54.8 Å². The van der Waals surface area contributed by atoms with Crippen LogP contribution in [-0.2, 0) is 11.3 Å². The first-order chi connectivity index (χ1) is 19.5. The zero-order valence-corrected chi connectivity index (χ0v) is 23.1. The molecule has 5 aromatic rings. The van der Waals surface area contributed by atoms with Crippen LogP contribution in [0, 0.1) is 0 Å². The molecule has 1 amide bonds. The molecule has 4 aromatic carbocycles. The number of aromatic nitrogens is 2. The molecule has 8 heteroatoms. The van der Waals surface area contributed by atoms with Gasteiger partial charge in [0.25, 0.3) is 11.5 Å². The van der Waals surface area contributed by atoms with E-state index in [-0.39, 0.29) is 36.2 Å². The summed E-state index contributed by atoms with van der Waals surface area (Å²) in [7, 11) is 0. The highest BCUT2D eigenvalue weighted by molar-refractivity contribution is 9.10. The molecule has 1 N–H and O–H groups in total. The fraction of sp³-hybridized carbons (Fsp3) is 0.156. The molecule has 0 bridgehead atoms. The van der Waals surface area contributed by atoms with Crippen LogP contribution in [0.1, 0.15) is 34.9 Å². The van der Waals surface area contributed by atoms with Crippen molar-refractivity contribution in [2.75, 3.05) is 5.32 Å². The Morgan fingerprint density at radius 3 is 2.35 bits per heavy atom. The number of carbonyl (C=O) groups excluding carboxylic acids is 1. The van der Waals surface area contributed by atoms with Gasteiger partial charge in [-0.15, -0.1) is 0 Å². The van der Waals surface area contributed by atoms with Crippen molar-refractivity contribution in [3.63, 3.8) is 0 Å². The van der Waals surface area contributed by atoms with E-state index in [9.17, 15) is 9.59 Å². The summed E-state index contributed by atoms with van der Waals surface area (Å²) < 4.78 is 14.7. The molecule has 1 aliphatic heterocycles. The third kappa shape index (κ3) is 5.54. The molecule has 1 fully saturated rings. The highest BCUT2D eigenvalue weighted by Gasteiger charge is 2.29. The van der Waals surface area contributed by atoms with Crippen LogP contribution in [0.3, 0.4) is 0 Å². The standard InChI is InChI=1S/C32H26BrN3O4/c33-23-18-26-29(28(19-23)39-24-14-8-3-9-15-24)31(38)36(32(34-26)35-30(37)22-12-6-2-7-13-22)20-25-16-17-27(40-25)21-10-4-1-5-11-21/h1-15,18-19,25,27H,16-17,20H2,(H,34,35,37). The van der Waals surface area contributed by atoms with Gasteiger partial charge in [-0.2, -0.15) is 0 Å². The summed E-state index contributed by atoms with van der Waals surface area (Å²) in [4.78, 5) is 32.0. The number of rotatable bonds is 7. The van der Waals surface area contributed by atoms with Crippen LogP contribution in [0.5, 0.6) is 11.5 Å². The summed E-state index contributed by atoms with van der Waals surface area (Å²) in [5, 5.41) is 3.19. The number of benzene rings is 4. The van der Waals surface area contributed by atoms with Crippen molar-refractivity contribution in [3.05, 3.63) is 129 Å². The second-order valence-corrected chi connectivity index (χ2v) is 10.5. The minimum Gasteiger partial charge on any atom is -0.456 e. The molecule has 6 rings (SSSR count). The minimum atomic E-state index is -0.356. The molecule has 200 valence electrons. The molecule has 1 aromatic heterocycles. The summed E-state index contributed by atoms with van der Waals surface area (Å²) in [6, 6.07) is 31.7. The zero-order valence-electron chi connectivity index (χ0n) is 21.5. The summed E-state index contributed by atoms with van der Waals surface area (Å²) in [6.07, 6.45) is 1.32. The lowest BCUT2D eigenvalue weighted by Crippen LogP contribution is -2.31. The predicted molar refractivity (Wildman–Crippen MR) is 158 cm³/mol. The summed E-state index contributed by atoms with van der Waals surface area (Å²) in [6.45, 7) is 0.232. The van der Waals surface area contributed by atoms with Gasteiger partial charge in [0.1, 0.15) is 16.9 Å². The molecular weight excluding hydrogens is 570 g/mol. The van der Waals surface area contributed by atoms with Crippen molar-refractivity contribution in [3.8, 4) is 11.5 Å². The Labute approximate surface area is 239 Å². The largest absolute Gasteiger partial charge is 0.456 e. The SMILES string of the molecule is O=C(Nc1nc2cc(Br)cc(Oc3ccccc3)c2c(=O)n1CC1CCC(c2ccccc2)O1)c1ccccc1. The van der Waals surface area contributed by atoms with Crippen molar-refractivity contribution in [2.24, 2.45) is 0 Å². The van der Waals surface area contributed by atoms with Gasteiger partial charge in [0, 0.05) is 10.0 Å². The van der Waals surface area contributed by atoms with Crippen LogP contribution >= 0.6 is 15.9 Å². The number of hydrogen-bond acceptors (Lipinski definition) is 5. The maximum atomic E-state index is 14.1. The molecule has 2 heterocycles. The van der Waals surface area contributed by atoms with Gasteiger partial charge in [-0.3, -0.25) is 19.5 Å². The van der Waals surface area contributed by atoms with Gasteiger partial charge in [-0.25, -0.2) is 4.98 Å². The molecule has 1 saturated heterocycles. The van der Waals surface area contributed by atoms with E-state index in [4.69, 9.17) is 14.5 Å². The molecule has 2 unspecified atom stereocenters. The Kier molecular flexibility index (Phi) is 7.44. The maximum Gasteiger partial charge on any atom is 0.266 e. The number of hydrogen-bond donors (Lipinski definition) is 1. The van der Waals surface area contributed by atoms with Gasteiger partial charge < -0.3 is 9.47 Å². The van der Waals surface area contributed by atoms with E-state index < -0.39 is 0 Å². The van der Waals surface area contributed by atoms with Crippen LogP contribution in [0.4, 0.5) is 5.95 Å². The number of amides is 1. The third-order valence-electron chi connectivity index (χ3n) is 6.88. The van der Waals surface area contributed by atoms with Crippen LogP contribution in [-0.4, -0.2) is 21.6 Å². The lowest BCUT2D eigenvalue weighted by atomic mass is 10.1. The molecule has 40 heavy (non-hydrogen) atoms. The maximum absolute atomic E-state index is 14.1. The average molecular weight is 596 g/mol. The topological polar surface area (TPSA) is 82.5 Å². The van der Waals surface area contributed by atoms with E-state index >= 15 is 0 Å². The third-order valence-corrected chi connectivity index (χ3v) is 7.34. The Bertz CT molecular complexity index is 1710. The fourth-order valence-corrected chi connectivity index (χ4v) is 5.38. The van der Waals surface area contributed by atoms with Crippen LogP contribution in [0.2, 0.25) is 0 Å². The van der Waals surface area contributed by atoms with Gasteiger partial charge >= 0.3 is 0 Å². The number of fused-ring (bicyclic) bond motifs is 1. The number of carbonyl (C=O) groups is 1. The van der Waals surface area contributed by atoms with Crippen molar-refractivity contribution in [1.82, 2.24) is 9.55 Å². The van der Waals surface area contributed by atoms with E-state index in [1.807, 2.05) is 66.7 Å². The molecule has 0 spiro atoms. The van der Waals surface area contributed by atoms with Crippen LogP contribution < -0.4 is 15.6 Å². The normalized spacial score (nSPS) is 16.6. The van der Waals surface area contributed by atoms with Crippen molar-refractivity contribution in [1.29, 1.82) is 0 Å².